The maximum Gasteiger partial charge on any atom is 0.242 e. The topological polar surface area (TPSA) is 49.4 Å². The summed E-state index contributed by atoms with van der Waals surface area (Å²) >= 11 is 1.58. The molecule has 0 saturated carbocycles. The Morgan fingerprint density at radius 2 is 2.05 bits per heavy atom. The Hall–Kier alpha value is -0.630. The summed E-state index contributed by atoms with van der Waals surface area (Å²) in [6.45, 7) is 4.96. The normalized spacial score (nSPS) is 12.1. The minimum absolute atomic E-state index is 0.151. The van der Waals surface area contributed by atoms with Gasteiger partial charge in [0.15, 0.2) is 0 Å². The summed E-state index contributed by atoms with van der Waals surface area (Å²) in [4.78, 5) is 0.151. The molecule has 0 aliphatic carbocycles. The number of nitrogens with zero attached hydrogens (tertiary/aromatic N) is 1. The second-order valence-electron chi connectivity index (χ2n) is 4.81. The molecule has 0 unspecified atom stereocenters. The lowest BCUT2D eigenvalue weighted by Crippen LogP contribution is -2.29. The molecule has 0 bridgehead atoms. The van der Waals surface area contributed by atoms with Gasteiger partial charge < -0.3 is 5.32 Å². The van der Waals surface area contributed by atoms with E-state index in [1.807, 2.05) is 13.2 Å². The van der Waals surface area contributed by atoms with Crippen LogP contribution in [0, 0.1) is 12.7 Å². The first-order valence-electron chi connectivity index (χ1n) is 6.79. The van der Waals surface area contributed by atoms with E-state index in [4.69, 9.17) is 0 Å². The summed E-state index contributed by atoms with van der Waals surface area (Å²) in [6, 6.07) is 2.83. The highest BCUT2D eigenvalue weighted by Crippen LogP contribution is 2.22. The molecule has 0 spiro atoms. The highest BCUT2D eigenvalue weighted by Gasteiger charge is 2.22. The van der Waals surface area contributed by atoms with Gasteiger partial charge >= 0.3 is 0 Å². The van der Waals surface area contributed by atoms with E-state index < -0.39 is 10.0 Å². The van der Waals surface area contributed by atoms with E-state index in [0.29, 0.717) is 30.8 Å². The molecule has 0 aliphatic heterocycles. The van der Waals surface area contributed by atoms with Crippen molar-refractivity contribution in [3.63, 3.8) is 0 Å². The Balaban J connectivity index is 3.14. The zero-order valence-electron chi connectivity index (χ0n) is 12.9. The minimum Gasteiger partial charge on any atom is -0.313 e. The van der Waals surface area contributed by atoms with Crippen molar-refractivity contribution in [3.05, 3.63) is 29.1 Å². The molecule has 0 saturated heterocycles. The Labute approximate surface area is 131 Å². The largest absolute Gasteiger partial charge is 0.313 e. The SMILES string of the molecule is CCNCc1cc(S(=O)(=O)N(C)CCSC)cc(C)c1F. The van der Waals surface area contributed by atoms with Crippen LogP contribution >= 0.6 is 11.8 Å². The molecule has 0 atom stereocenters. The van der Waals surface area contributed by atoms with Crippen LogP contribution in [0.4, 0.5) is 4.39 Å². The molecule has 0 aliphatic rings. The van der Waals surface area contributed by atoms with Crippen LogP contribution in [0.25, 0.3) is 0 Å². The quantitative estimate of drug-likeness (QED) is 0.792. The van der Waals surface area contributed by atoms with Crippen molar-refractivity contribution < 1.29 is 12.8 Å². The van der Waals surface area contributed by atoms with Crippen molar-refractivity contribution >= 4 is 21.8 Å². The van der Waals surface area contributed by atoms with Crippen molar-refractivity contribution in [2.75, 3.05) is 32.1 Å². The lowest BCUT2D eigenvalue weighted by atomic mass is 10.1. The van der Waals surface area contributed by atoms with E-state index >= 15 is 0 Å². The smallest absolute Gasteiger partial charge is 0.242 e. The lowest BCUT2D eigenvalue weighted by Gasteiger charge is -2.18. The van der Waals surface area contributed by atoms with E-state index in [1.54, 1.807) is 25.7 Å². The Bertz CT molecular complexity index is 577. The Morgan fingerprint density at radius 3 is 2.62 bits per heavy atom. The molecule has 120 valence electrons. The Kier molecular flexibility index (Phi) is 7.12. The standard InChI is InChI=1S/C14H23FN2O2S2/c1-5-16-10-12-9-13(8-11(2)14(12)15)21(18,19)17(3)6-7-20-4/h8-9,16H,5-7,10H2,1-4H3. The Morgan fingerprint density at radius 1 is 1.38 bits per heavy atom. The fourth-order valence-corrected chi connectivity index (χ4v) is 3.74. The molecule has 21 heavy (non-hydrogen) atoms. The van der Waals surface area contributed by atoms with Crippen LogP contribution in [0.1, 0.15) is 18.1 Å². The first kappa shape index (κ1) is 18.4. The first-order chi connectivity index (χ1) is 9.84. The fourth-order valence-electron chi connectivity index (χ4n) is 1.86. The lowest BCUT2D eigenvalue weighted by molar-refractivity contribution is 0.488. The maximum absolute atomic E-state index is 14.0. The third-order valence-electron chi connectivity index (χ3n) is 3.19. The van der Waals surface area contributed by atoms with Gasteiger partial charge in [0.2, 0.25) is 10.0 Å². The number of nitrogens with one attached hydrogen (secondary N) is 1. The highest BCUT2D eigenvalue weighted by atomic mass is 32.2. The van der Waals surface area contributed by atoms with Crippen LogP contribution in [0.5, 0.6) is 0 Å². The number of aryl methyl sites for hydroxylation is 1. The molecule has 7 heteroatoms. The average Bonchev–Trinajstić information content (AvgIpc) is 2.45. The molecule has 0 amide bonds. The summed E-state index contributed by atoms with van der Waals surface area (Å²) in [5.41, 5.74) is 0.732. The van der Waals surface area contributed by atoms with Gasteiger partial charge in [-0.2, -0.15) is 11.8 Å². The van der Waals surface area contributed by atoms with Gasteiger partial charge in [-0.1, -0.05) is 6.92 Å². The van der Waals surface area contributed by atoms with E-state index in [2.05, 4.69) is 5.32 Å². The number of thioether (sulfide) groups is 1. The van der Waals surface area contributed by atoms with Crippen LogP contribution in [0.2, 0.25) is 0 Å². The van der Waals surface area contributed by atoms with Gasteiger partial charge in [0.1, 0.15) is 5.82 Å². The molecule has 0 fully saturated rings. The number of hydrogen-bond donors (Lipinski definition) is 1. The molecule has 1 aromatic carbocycles. The number of benzene rings is 1. The number of hydrogen-bond acceptors (Lipinski definition) is 4. The molecular weight excluding hydrogens is 311 g/mol. The molecule has 0 aromatic heterocycles. The number of rotatable bonds is 8. The molecule has 1 N–H and O–H groups in total. The fraction of sp³-hybridized carbons (Fsp3) is 0.571. The molecular formula is C14H23FN2O2S2. The average molecular weight is 334 g/mol. The van der Waals surface area contributed by atoms with Gasteiger partial charge in [-0.25, -0.2) is 17.1 Å². The zero-order valence-corrected chi connectivity index (χ0v) is 14.6. The number of sulfonamides is 1. The monoisotopic (exact) mass is 334 g/mol. The predicted octanol–water partition coefficient (Wildman–Crippen LogP) is 2.23. The van der Waals surface area contributed by atoms with Gasteiger partial charge in [-0.3, -0.25) is 0 Å². The number of halogens is 1. The second kappa shape index (κ2) is 8.12. The predicted molar refractivity (Wildman–Crippen MR) is 86.7 cm³/mol. The van der Waals surface area contributed by atoms with Gasteiger partial charge in [-0.05, 0) is 37.4 Å². The molecule has 4 nitrogen and oxygen atoms in total. The maximum atomic E-state index is 14.0. The second-order valence-corrected chi connectivity index (χ2v) is 7.84. The van der Waals surface area contributed by atoms with Crippen LogP contribution in [-0.4, -0.2) is 44.9 Å². The van der Waals surface area contributed by atoms with Crippen molar-refractivity contribution in [3.8, 4) is 0 Å². The third-order valence-corrected chi connectivity index (χ3v) is 5.61. The highest BCUT2D eigenvalue weighted by molar-refractivity contribution is 7.98. The van der Waals surface area contributed by atoms with Crippen molar-refractivity contribution in [1.29, 1.82) is 0 Å². The van der Waals surface area contributed by atoms with Crippen molar-refractivity contribution in [2.45, 2.75) is 25.3 Å². The summed E-state index contributed by atoms with van der Waals surface area (Å²) < 4.78 is 40.4. The summed E-state index contributed by atoms with van der Waals surface area (Å²) in [5.74, 6) is 0.377. The van der Waals surface area contributed by atoms with Crippen LogP contribution in [0.15, 0.2) is 17.0 Å². The van der Waals surface area contributed by atoms with E-state index in [0.717, 1.165) is 5.75 Å². The molecule has 1 rings (SSSR count). The van der Waals surface area contributed by atoms with E-state index in [-0.39, 0.29) is 10.7 Å². The van der Waals surface area contributed by atoms with Gasteiger partial charge in [0, 0.05) is 31.5 Å². The van der Waals surface area contributed by atoms with Crippen LogP contribution < -0.4 is 5.32 Å². The molecule has 1 aromatic rings. The summed E-state index contributed by atoms with van der Waals surface area (Å²) in [5, 5.41) is 3.02. The van der Waals surface area contributed by atoms with Gasteiger partial charge in [-0.15, -0.1) is 0 Å². The molecule has 0 heterocycles. The van der Waals surface area contributed by atoms with Crippen LogP contribution in [-0.2, 0) is 16.6 Å². The van der Waals surface area contributed by atoms with Gasteiger partial charge in [0.05, 0.1) is 4.90 Å². The van der Waals surface area contributed by atoms with E-state index in [9.17, 15) is 12.8 Å². The first-order valence-corrected chi connectivity index (χ1v) is 9.63. The zero-order chi connectivity index (χ0) is 16.0. The van der Waals surface area contributed by atoms with Gasteiger partial charge in [0.25, 0.3) is 0 Å². The van der Waals surface area contributed by atoms with E-state index in [1.165, 1.54) is 16.4 Å². The van der Waals surface area contributed by atoms with Crippen LogP contribution in [0.3, 0.4) is 0 Å². The van der Waals surface area contributed by atoms with Crippen molar-refractivity contribution in [1.82, 2.24) is 9.62 Å². The third kappa shape index (κ3) is 4.67. The van der Waals surface area contributed by atoms with Crippen molar-refractivity contribution in [2.24, 2.45) is 0 Å². The minimum atomic E-state index is -3.57. The summed E-state index contributed by atoms with van der Waals surface area (Å²) in [7, 11) is -2.02. The summed E-state index contributed by atoms with van der Waals surface area (Å²) in [6.07, 6.45) is 1.93. The molecule has 0 radical (unpaired) electrons.